The van der Waals surface area contributed by atoms with E-state index in [0.717, 1.165) is 19.5 Å². The number of carbonyl (C=O) groups is 1. The molecule has 0 aliphatic carbocycles. The van der Waals surface area contributed by atoms with E-state index >= 15 is 0 Å². The Morgan fingerprint density at radius 1 is 1.47 bits per heavy atom. The first kappa shape index (κ1) is 12.7. The fourth-order valence-corrected chi connectivity index (χ4v) is 2.35. The lowest BCUT2D eigenvalue weighted by Crippen LogP contribution is -2.43. The van der Waals surface area contributed by atoms with Gasteiger partial charge < -0.3 is 9.64 Å². The lowest BCUT2D eigenvalue weighted by atomic mass is 10.1. The minimum atomic E-state index is -0.386. The molecule has 3 nitrogen and oxygen atoms in total. The molecule has 0 bridgehead atoms. The molecular formula is C11H21NO2S. The van der Waals surface area contributed by atoms with Crippen molar-refractivity contribution >= 4 is 17.9 Å². The lowest BCUT2D eigenvalue weighted by molar-refractivity contribution is 0.0220. The smallest absolute Gasteiger partial charge is 0.410 e. The van der Waals surface area contributed by atoms with Gasteiger partial charge in [0, 0.05) is 18.3 Å². The monoisotopic (exact) mass is 231 g/mol. The van der Waals surface area contributed by atoms with Crippen LogP contribution < -0.4 is 0 Å². The molecule has 0 radical (unpaired) electrons. The van der Waals surface area contributed by atoms with Crippen LogP contribution in [-0.4, -0.2) is 41.2 Å². The second-order valence-corrected chi connectivity index (χ2v) is 6.06. The Morgan fingerprint density at radius 2 is 2.13 bits per heavy atom. The zero-order chi connectivity index (χ0) is 11.5. The average molecular weight is 231 g/mol. The second kappa shape index (κ2) is 5.10. The quantitative estimate of drug-likeness (QED) is 0.695. The van der Waals surface area contributed by atoms with Crippen molar-refractivity contribution in [2.75, 3.05) is 19.3 Å². The number of amides is 1. The Hall–Kier alpha value is -0.380. The van der Waals surface area contributed by atoms with Crippen LogP contribution in [0.15, 0.2) is 0 Å². The average Bonchev–Trinajstić information content (AvgIpc) is 2.15. The fourth-order valence-electron chi connectivity index (χ4n) is 1.62. The van der Waals surface area contributed by atoms with Crippen molar-refractivity contribution < 1.29 is 9.53 Å². The van der Waals surface area contributed by atoms with Crippen LogP contribution in [0.4, 0.5) is 4.79 Å². The first-order valence-corrected chi connectivity index (χ1v) is 6.72. The van der Waals surface area contributed by atoms with Gasteiger partial charge in [-0.2, -0.15) is 11.8 Å². The van der Waals surface area contributed by atoms with Crippen LogP contribution in [0.5, 0.6) is 0 Å². The topological polar surface area (TPSA) is 29.5 Å². The Morgan fingerprint density at radius 3 is 2.67 bits per heavy atom. The molecule has 1 amide bonds. The normalized spacial score (nSPS) is 22.7. The molecule has 4 heteroatoms. The number of piperidine rings is 1. The molecule has 1 aliphatic heterocycles. The molecule has 0 aromatic heterocycles. The number of hydrogen-bond acceptors (Lipinski definition) is 3. The molecule has 0 aromatic carbocycles. The molecule has 0 saturated carbocycles. The van der Waals surface area contributed by atoms with Crippen LogP contribution in [0.1, 0.15) is 33.6 Å². The van der Waals surface area contributed by atoms with Crippen LogP contribution in [0, 0.1) is 0 Å². The molecule has 15 heavy (non-hydrogen) atoms. The zero-order valence-electron chi connectivity index (χ0n) is 10.1. The van der Waals surface area contributed by atoms with E-state index in [0.29, 0.717) is 5.25 Å². The van der Waals surface area contributed by atoms with Gasteiger partial charge in [-0.1, -0.05) is 0 Å². The summed E-state index contributed by atoms with van der Waals surface area (Å²) in [6.45, 7) is 7.38. The number of nitrogens with zero attached hydrogens (tertiary/aromatic N) is 1. The van der Waals surface area contributed by atoms with Crippen molar-refractivity contribution in [2.45, 2.75) is 44.5 Å². The maximum atomic E-state index is 11.8. The summed E-state index contributed by atoms with van der Waals surface area (Å²) in [4.78, 5) is 13.6. The highest BCUT2D eigenvalue weighted by Crippen LogP contribution is 2.21. The van der Waals surface area contributed by atoms with E-state index in [9.17, 15) is 4.79 Å². The second-order valence-electron chi connectivity index (χ2n) is 4.93. The summed E-state index contributed by atoms with van der Waals surface area (Å²) in [6, 6.07) is 0. The van der Waals surface area contributed by atoms with E-state index in [1.54, 1.807) is 0 Å². The molecule has 1 saturated heterocycles. The summed E-state index contributed by atoms with van der Waals surface area (Å²) in [5.74, 6) is 0. The van der Waals surface area contributed by atoms with Crippen LogP contribution in [0.25, 0.3) is 0 Å². The molecule has 1 rings (SSSR count). The van der Waals surface area contributed by atoms with Crippen LogP contribution in [0.2, 0.25) is 0 Å². The Kier molecular flexibility index (Phi) is 4.32. The highest BCUT2D eigenvalue weighted by molar-refractivity contribution is 7.99. The van der Waals surface area contributed by atoms with Gasteiger partial charge in [-0.05, 0) is 39.9 Å². The van der Waals surface area contributed by atoms with Gasteiger partial charge in [0.15, 0.2) is 0 Å². The highest BCUT2D eigenvalue weighted by atomic mass is 32.2. The van der Waals surface area contributed by atoms with Gasteiger partial charge in [0.1, 0.15) is 5.60 Å². The van der Waals surface area contributed by atoms with Crippen molar-refractivity contribution in [1.29, 1.82) is 0 Å². The third-order valence-electron chi connectivity index (χ3n) is 2.36. The number of rotatable bonds is 1. The van der Waals surface area contributed by atoms with Crippen molar-refractivity contribution in [3.8, 4) is 0 Å². The number of carbonyl (C=O) groups excluding carboxylic acids is 1. The van der Waals surface area contributed by atoms with Crippen molar-refractivity contribution in [3.05, 3.63) is 0 Å². The summed E-state index contributed by atoms with van der Waals surface area (Å²) >= 11 is 1.84. The maximum absolute atomic E-state index is 11.8. The first-order valence-electron chi connectivity index (χ1n) is 5.43. The molecule has 1 aliphatic rings. The minimum absolute atomic E-state index is 0.166. The van der Waals surface area contributed by atoms with Crippen LogP contribution in [-0.2, 0) is 4.74 Å². The minimum Gasteiger partial charge on any atom is -0.444 e. The molecule has 1 fully saturated rings. The van der Waals surface area contributed by atoms with Crippen molar-refractivity contribution in [1.82, 2.24) is 4.90 Å². The van der Waals surface area contributed by atoms with E-state index in [1.807, 2.05) is 37.4 Å². The van der Waals surface area contributed by atoms with Crippen LogP contribution >= 0.6 is 11.8 Å². The zero-order valence-corrected chi connectivity index (χ0v) is 10.9. The molecule has 1 atom stereocenters. The van der Waals surface area contributed by atoms with E-state index in [2.05, 4.69) is 6.26 Å². The summed E-state index contributed by atoms with van der Waals surface area (Å²) < 4.78 is 5.35. The number of thioether (sulfide) groups is 1. The summed E-state index contributed by atoms with van der Waals surface area (Å²) in [5, 5.41) is 0.575. The third-order valence-corrected chi connectivity index (χ3v) is 3.41. The van der Waals surface area contributed by atoms with Crippen molar-refractivity contribution in [3.63, 3.8) is 0 Å². The van der Waals surface area contributed by atoms with Gasteiger partial charge in [-0.15, -0.1) is 0 Å². The fraction of sp³-hybridized carbons (Fsp3) is 0.909. The van der Waals surface area contributed by atoms with Gasteiger partial charge in [0.2, 0.25) is 0 Å². The lowest BCUT2D eigenvalue weighted by Gasteiger charge is -2.33. The van der Waals surface area contributed by atoms with E-state index in [1.165, 1.54) is 6.42 Å². The van der Waals surface area contributed by atoms with E-state index < -0.39 is 0 Å². The largest absolute Gasteiger partial charge is 0.444 e. The number of ether oxygens (including phenoxy) is 1. The van der Waals surface area contributed by atoms with Gasteiger partial charge in [0.25, 0.3) is 0 Å². The summed E-state index contributed by atoms with van der Waals surface area (Å²) in [7, 11) is 0. The summed E-state index contributed by atoms with van der Waals surface area (Å²) in [5.41, 5.74) is -0.386. The Bertz CT molecular complexity index is 225. The van der Waals surface area contributed by atoms with Gasteiger partial charge in [0.05, 0.1) is 0 Å². The predicted molar refractivity (Wildman–Crippen MR) is 64.3 cm³/mol. The predicted octanol–water partition coefficient (Wildman–Crippen LogP) is 2.75. The van der Waals surface area contributed by atoms with Gasteiger partial charge >= 0.3 is 6.09 Å². The third kappa shape index (κ3) is 4.33. The number of likely N-dealkylation sites (tertiary alicyclic amines) is 1. The molecule has 1 unspecified atom stereocenters. The Labute approximate surface area is 96.5 Å². The molecule has 0 aromatic rings. The molecule has 0 spiro atoms. The maximum Gasteiger partial charge on any atom is 0.410 e. The standard InChI is InChI=1S/C11H21NO2S/c1-11(2,3)14-10(13)12-7-5-6-9(8-12)15-4/h9H,5-8H2,1-4H3. The molecule has 88 valence electrons. The molecule has 1 heterocycles. The molecule has 0 N–H and O–H groups in total. The molecular weight excluding hydrogens is 210 g/mol. The first-order chi connectivity index (χ1) is 6.92. The summed E-state index contributed by atoms with van der Waals surface area (Å²) in [6.07, 6.45) is 4.23. The van der Waals surface area contributed by atoms with Gasteiger partial charge in [-0.3, -0.25) is 0 Å². The number of hydrogen-bond donors (Lipinski definition) is 0. The Balaban J connectivity index is 2.45. The van der Waals surface area contributed by atoms with E-state index in [4.69, 9.17) is 4.74 Å². The highest BCUT2D eigenvalue weighted by Gasteiger charge is 2.26. The van der Waals surface area contributed by atoms with E-state index in [-0.39, 0.29) is 11.7 Å². The van der Waals surface area contributed by atoms with Gasteiger partial charge in [-0.25, -0.2) is 4.79 Å². The van der Waals surface area contributed by atoms with Crippen LogP contribution in [0.3, 0.4) is 0 Å². The SMILES string of the molecule is CSC1CCCN(C(=O)OC(C)(C)C)C1. The van der Waals surface area contributed by atoms with Crippen molar-refractivity contribution in [2.24, 2.45) is 0 Å².